The predicted octanol–water partition coefficient (Wildman–Crippen LogP) is 2.96. The number of nitrogens with zero attached hydrogens (tertiary/aromatic N) is 1. The first-order valence-electron chi connectivity index (χ1n) is 9.67. The van der Waals surface area contributed by atoms with Gasteiger partial charge in [0, 0.05) is 5.69 Å². The molecule has 0 bridgehead atoms. The molecule has 3 aromatic carbocycles. The normalized spacial score (nSPS) is 18.0. The maximum absolute atomic E-state index is 13.2. The van der Waals surface area contributed by atoms with Gasteiger partial charge < -0.3 is 10.6 Å². The highest BCUT2D eigenvalue weighted by molar-refractivity contribution is 6.12. The summed E-state index contributed by atoms with van der Waals surface area (Å²) < 4.78 is 0. The van der Waals surface area contributed by atoms with Gasteiger partial charge in [-0.25, -0.2) is 9.59 Å². The van der Waals surface area contributed by atoms with Crippen LogP contribution in [0.4, 0.5) is 15.3 Å². The van der Waals surface area contributed by atoms with E-state index in [2.05, 4.69) is 16.0 Å². The number of amides is 6. The summed E-state index contributed by atoms with van der Waals surface area (Å²) in [7, 11) is 0. The minimum absolute atomic E-state index is 0.506. The number of hydrogen-bond donors (Lipinski definition) is 3. The van der Waals surface area contributed by atoms with Crippen LogP contribution in [0, 0.1) is 0 Å². The Morgan fingerprint density at radius 2 is 1.61 bits per heavy atom. The van der Waals surface area contributed by atoms with Gasteiger partial charge in [0.1, 0.15) is 12.1 Å². The van der Waals surface area contributed by atoms with Crippen LogP contribution in [-0.2, 0) is 15.1 Å². The number of benzene rings is 3. The Morgan fingerprint density at radius 1 is 0.935 bits per heavy atom. The number of nitrogens with one attached hydrogen (secondary N) is 3. The van der Waals surface area contributed by atoms with Gasteiger partial charge in [-0.3, -0.25) is 19.8 Å². The molecule has 0 radical (unpaired) electrons. The van der Waals surface area contributed by atoms with Gasteiger partial charge in [0.25, 0.3) is 5.91 Å². The zero-order valence-corrected chi connectivity index (χ0v) is 16.7. The number of urea groups is 2. The minimum atomic E-state index is -1.33. The largest absolute Gasteiger partial charge is 0.325 e. The second-order valence-electron chi connectivity index (χ2n) is 7.34. The van der Waals surface area contributed by atoms with Crippen LogP contribution >= 0.6 is 0 Å². The molecule has 3 N–H and O–H groups in total. The van der Waals surface area contributed by atoms with E-state index in [1.807, 2.05) is 36.4 Å². The lowest BCUT2D eigenvalue weighted by molar-refractivity contribution is -0.134. The summed E-state index contributed by atoms with van der Waals surface area (Å²) >= 11 is 0. The molecule has 0 saturated carbocycles. The van der Waals surface area contributed by atoms with E-state index in [0.717, 1.165) is 15.7 Å². The standard InChI is InChI=1S/C23H20N4O4/c1-23(18-13-7-9-15-8-5-6-12-17(15)18)20(29)27(22(31)26-23)14-19(28)25-21(30)24-16-10-3-2-4-11-16/h2-13H,14H2,1H3,(H,26,31)(H2,24,25,28,30)/t23-/m0/s1. The second-order valence-corrected chi connectivity index (χ2v) is 7.34. The lowest BCUT2D eigenvalue weighted by Gasteiger charge is -2.24. The van der Waals surface area contributed by atoms with Crippen LogP contribution in [-0.4, -0.2) is 35.3 Å². The molecule has 1 atom stereocenters. The van der Waals surface area contributed by atoms with E-state index in [1.165, 1.54) is 0 Å². The summed E-state index contributed by atoms with van der Waals surface area (Å²) in [6.07, 6.45) is 0. The molecular formula is C23H20N4O4. The number of para-hydroxylation sites is 1. The second kappa shape index (κ2) is 7.91. The molecule has 1 aliphatic rings. The molecule has 156 valence electrons. The average molecular weight is 416 g/mol. The highest BCUT2D eigenvalue weighted by atomic mass is 16.2. The molecule has 0 unspecified atom stereocenters. The SMILES string of the molecule is C[C@@]1(c2cccc3ccccc23)NC(=O)N(CC(=O)NC(=O)Nc2ccccc2)C1=O. The number of carbonyl (C=O) groups excluding carboxylic acids is 4. The third-order valence-corrected chi connectivity index (χ3v) is 5.19. The van der Waals surface area contributed by atoms with Gasteiger partial charge in [0.05, 0.1) is 0 Å². The molecule has 8 heteroatoms. The first-order valence-corrected chi connectivity index (χ1v) is 9.67. The molecule has 31 heavy (non-hydrogen) atoms. The Labute approximate surface area is 178 Å². The van der Waals surface area contributed by atoms with E-state index in [9.17, 15) is 19.2 Å². The van der Waals surface area contributed by atoms with E-state index in [-0.39, 0.29) is 0 Å². The summed E-state index contributed by atoms with van der Waals surface area (Å²) in [6.45, 7) is 1.03. The summed E-state index contributed by atoms with van der Waals surface area (Å²) in [4.78, 5) is 50.8. The quantitative estimate of drug-likeness (QED) is 0.568. The number of carbonyl (C=O) groups is 4. The number of imide groups is 2. The van der Waals surface area contributed by atoms with E-state index >= 15 is 0 Å². The summed E-state index contributed by atoms with van der Waals surface area (Å²) in [5.41, 5.74) is -0.190. The Morgan fingerprint density at radius 3 is 2.39 bits per heavy atom. The van der Waals surface area contributed by atoms with Crippen molar-refractivity contribution in [1.29, 1.82) is 0 Å². The maximum Gasteiger partial charge on any atom is 0.325 e. The maximum atomic E-state index is 13.2. The van der Waals surface area contributed by atoms with Crippen molar-refractivity contribution >= 4 is 40.3 Å². The molecule has 0 spiro atoms. The Kier molecular flexibility index (Phi) is 5.12. The smallest absolute Gasteiger partial charge is 0.319 e. The zero-order valence-electron chi connectivity index (χ0n) is 16.7. The van der Waals surface area contributed by atoms with E-state index in [1.54, 1.807) is 43.3 Å². The van der Waals surface area contributed by atoms with Crippen LogP contribution in [0.5, 0.6) is 0 Å². The van der Waals surface area contributed by atoms with Crippen LogP contribution in [0.2, 0.25) is 0 Å². The molecular weight excluding hydrogens is 396 g/mol. The van der Waals surface area contributed by atoms with E-state index < -0.39 is 36.0 Å². The molecule has 6 amide bonds. The third-order valence-electron chi connectivity index (χ3n) is 5.19. The van der Waals surface area contributed by atoms with Crippen LogP contribution in [0.1, 0.15) is 12.5 Å². The van der Waals surface area contributed by atoms with Gasteiger partial charge in [-0.15, -0.1) is 0 Å². The van der Waals surface area contributed by atoms with Gasteiger partial charge in [-0.05, 0) is 35.4 Å². The molecule has 3 aromatic rings. The highest BCUT2D eigenvalue weighted by Gasteiger charge is 2.50. The number of rotatable bonds is 4. The predicted molar refractivity (Wildman–Crippen MR) is 115 cm³/mol. The monoisotopic (exact) mass is 416 g/mol. The Bertz CT molecular complexity index is 1190. The Hall–Kier alpha value is -4.20. The number of anilines is 1. The highest BCUT2D eigenvalue weighted by Crippen LogP contribution is 2.33. The van der Waals surface area contributed by atoms with Crippen LogP contribution < -0.4 is 16.0 Å². The molecule has 0 aliphatic carbocycles. The van der Waals surface area contributed by atoms with Crippen molar-refractivity contribution in [3.8, 4) is 0 Å². The van der Waals surface area contributed by atoms with Crippen molar-refractivity contribution in [2.75, 3.05) is 11.9 Å². The summed E-state index contributed by atoms with van der Waals surface area (Å²) in [6, 6.07) is 20.2. The molecule has 1 aliphatic heterocycles. The first-order chi connectivity index (χ1) is 14.9. The average Bonchev–Trinajstić information content (AvgIpc) is 2.97. The van der Waals surface area contributed by atoms with Crippen molar-refractivity contribution < 1.29 is 19.2 Å². The zero-order chi connectivity index (χ0) is 22.0. The lowest BCUT2D eigenvalue weighted by atomic mass is 9.88. The van der Waals surface area contributed by atoms with Crippen LogP contribution in [0.15, 0.2) is 72.8 Å². The minimum Gasteiger partial charge on any atom is -0.319 e. The van der Waals surface area contributed by atoms with E-state index in [0.29, 0.717) is 11.3 Å². The van der Waals surface area contributed by atoms with Gasteiger partial charge in [-0.1, -0.05) is 60.7 Å². The van der Waals surface area contributed by atoms with Crippen LogP contribution in [0.25, 0.3) is 10.8 Å². The topological polar surface area (TPSA) is 108 Å². The molecule has 1 heterocycles. The number of fused-ring (bicyclic) bond motifs is 1. The third kappa shape index (κ3) is 3.83. The fourth-order valence-corrected chi connectivity index (χ4v) is 3.68. The summed E-state index contributed by atoms with van der Waals surface area (Å²) in [5.74, 6) is -1.34. The van der Waals surface area contributed by atoms with Crippen molar-refractivity contribution in [3.63, 3.8) is 0 Å². The van der Waals surface area contributed by atoms with E-state index in [4.69, 9.17) is 0 Å². The van der Waals surface area contributed by atoms with Crippen molar-refractivity contribution in [3.05, 3.63) is 78.4 Å². The van der Waals surface area contributed by atoms with Gasteiger partial charge in [-0.2, -0.15) is 0 Å². The van der Waals surface area contributed by atoms with Crippen molar-refractivity contribution in [2.45, 2.75) is 12.5 Å². The lowest BCUT2D eigenvalue weighted by Crippen LogP contribution is -2.45. The fraction of sp³-hybridized carbons (Fsp3) is 0.130. The molecule has 0 aromatic heterocycles. The van der Waals surface area contributed by atoms with Gasteiger partial charge in [0.15, 0.2) is 0 Å². The molecule has 1 saturated heterocycles. The van der Waals surface area contributed by atoms with Crippen LogP contribution in [0.3, 0.4) is 0 Å². The molecule has 4 rings (SSSR count). The fourth-order valence-electron chi connectivity index (χ4n) is 3.68. The molecule has 8 nitrogen and oxygen atoms in total. The molecule has 1 fully saturated rings. The van der Waals surface area contributed by atoms with Gasteiger partial charge >= 0.3 is 12.1 Å². The summed E-state index contributed by atoms with van der Waals surface area (Å²) in [5, 5.41) is 9.09. The van der Waals surface area contributed by atoms with Crippen molar-refractivity contribution in [1.82, 2.24) is 15.5 Å². The van der Waals surface area contributed by atoms with Gasteiger partial charge in [0.2, 0.25) is 5.91 Å². The van der Waals surface area contributed by atoms with Crippen molar-refractivity contribution in [2.24, 2.45) is 0 Å². The number of hydrogen-bond acceptors (Lipinski definition) is 4. The first kappa shape index (κ1) is 20.1. The Balaban J connectivity index is 1.49.